The summed E-state index contributed by atoms with van der Waals surface area (Å²) in [6, 6.07) is 30.4. The summed E-state index contributed by atoms with van der Waals surface area (Å²) in [6.45, 7) is 3.91. The molecule has 0 bridgehead atoms. The van der Waals surface area contributed by atoms with Gasteiger partial charge in [-0.1, -0.05) is 54.6 Å². The Morgan fingerprint density at radius 3 is 2.21 bits per heavy atom. The van der Waals surface area contributed by atoms with E-state index in [1.807, 2.05) is 68.4 Å². The van der Waals surface area contributed by atoms with Crippen LogP contribution < -0.4 is 19.8 Å². The second-order valence-corrected chi connectivity index (χ2v) is 11.9. The predicted octanol–water partition coefficient (Wildman–Crippen LogP) is 4.98. The van der Waals surface area contributed by atoms with Gasteiger partial charge in [-0.3, -0.25) is 13.9 Å². The lowest BCUT2D eigenvalue weighted by atomic mass is 10.1. The number of nitrogens with zero attached hydrogens (tertiary/aromatic N) is 2. The van der Waals surface area contributed by atoms with Crippen LogP contribution >= 0.6 is 0 Å². The number of ether oxygens (including phenoxy) is 1. The zero-order chi connectivity index (χ0) is 30.8. The predicted molar refractivity (Wildman–Crippen MR) is 169 cm³/mol. The van der Waals surface area contributed by atoms with Crippen molar-refractivity contribution in [2.75, 3.05) is 17.2 Å². The van der Waals surface area contributed by atoms with Crippen molar-refractivity contribution in [2.45, 2.75) is 26.4 Å². The molecular weight excluding hydrogens is 564 g/mol. The van der Waals surface area contributed by atoms with Gasteiger partial charge in [-0.15, -0.1) is 0 Å². The highest BCUT2D eigenvalue weighted by atomic mass is 32.2. The van der Waals surface area contributed by atoms with Gasteiger partial charge in [0.05, 0.1) is 30.7 Å². The summed E-state index contributed by atoms with van der Waals surface area (Å²) in [7, 11) is -3.56. The van der Waals surface area contributed by atoms with Crippen molar-refractivity contribution >= 4 is 33.7 Å². The molecule has 0 saturated carbocycles. The molecule has 10 heteroatoms. The molecule has 4 rings (SSSR count). The Hall–Kier alpha value is -4.96. The van der Waals surface area contributed by atoms with Gasteiger partial charge in [0.2, 0.25) is 10.0 Å². The summed E-state index contributed by atoms with van der Waals surface area (Å²) in [5.74, 6) is -0.147. The van der Waals surface area contributed by atoms with Gasteiger partial charge in [-0.2, -0.15) is 5.10 Å². The second-order valence-electron chi connectivity index (χ2n) is 10.00. The number of sulfonamides is 1. The number of rotatable bonds is 12. The van der Waals surface area contributed by atoms with Crippen LogP contribution in [0, 0.1) is 6.92 Å². The molecule has 0 spiro atoms. The molecule has 222 valence electrons. The minimum Gasteiger partial charge on any atom is -0.484 e. The van der Waals surface area contributed by atoms with Gasteiger partial charge in [0.1, 0.15) is 5.75 Å². The number of benzene rings is 4. The fourth-order valence-corrected chi connectivity index (χ4v) is 5.14. The maximum Gasteiger partial charge on any atom is 0.271 e. The Balaban J connectivity index is 1.28. The van der Waals surface area contributed by atoms with Crippen molar-refractivity contribution in [2.24, 2.45) is 5.10 Å². The molecule has 0 aliphatic heterocycles. The second kappa shape index (κ2) is 14.3. The van der Waals surface area contributed by atoms with Crippen LogP contribution in [0.3, 0.4) is 0 Å². The van der Waals surface area contributed by atoms with E-state index in [0.717, 1.165) is 22.9 Å². The first-order valence-electron chi connectivity index (χ1n) is 13.6. The van der Waals surface area contributed by atoms with Crippen LogP contribution in [-0.4, -0.2) is 39.3 Å². The first-order valence-corrected chi connectivity index (χ1v) is 15.5. The molecule has 4 aromatic rings. The normalized spacial score (nSPS) is 12.0. The molecule has 0 heterocycles. The topological polar surface area (TPSA) is 117 Å². The largest absolute Gasteiger partial charge is 0.484 e. The van der Waals surface area contributed by atoms with Crippen molar-refractivity contribution in [1.82, 2.24) is 10.7 Å². The van der Waals surface area contributed by atoms with Crippen LogP contribution in [0.2, 0.25) is 0 Å². The van der Waals surface area contributed by atoms with E-state index >= 15 is 0 Å². The minimum absolute atomic E-state index is 0.118. The number of amides is 2. The third-order valence-corrected chi connectivity index (χ3v) is 7.84. The Bertz CT molecular complexity index is 1670. The Morgan fingerprint density at radius 1 is 0.907 bits per heavy atom. The summed E-state index contributed by atoms with van der Waals surface area (Å²) in [5.41, 5.74) is 6.86. The van der Waals surface area contributed by atoms with Crippen LogP contribution in [0.4, 0.5) is 5.69 Å². The Labute approximate surface area is 252 Å². The molecule has 0 unspecified atom stereocenters. The lowest BCUT2D eigenvalue weighted by Crippen LogP contribution is -2.31. The van der Waals surface area contributed by atoms with Crippen LogP contribution in [-0.2, 0) is 21.4 Å². The number of aryl methyl sites for hydroxylation is 1. The smallest absolute Gasteiger partial charge is 0.271 e. The zero-order valence-electron chi connectivity index (χ0n) is 24.2. The number of carbonyl (C=O) groups is 2. The van der Waals surface area contributed by atoms with E-state index in [9.17, 15) is 18.0 Å². The fraction of sp³-hybridized carbons (Fsp3) is 0.182. The molecule has 2 amide bonds. The van der Waals surface area contributed by atoms with Gasteiger partial charge in [-0.25, -0.2) is 13.8 Å². The molecule has 43 heavy (non-hydrogen) atoms. The number of hydrogen-bond acceptors (Lipinski definition) is 6. The third-order valence-electron chi connectivity index (χ3n) is 6.70. The first-order chi connectivity index (χ1) is 20.6. The number of hydrogen-bond donors (Lipinski definition) is 2. The molecule has 0 aliphatic carbocycles. The Kier molecular flexibility index (Phi) is 10.3. The van der Waals surface area contributed by atoms with Gasteiger partial charge in [0.15, 0.2) is 6.61 Å². The van der Waals surface area contributed by atoms with E-state index in [1.165, 1.54) is 10.5 Å². The number of anilines is 1. The van der Waals surface area contributed by atoms with Crippen LogP contribution in [0.25, 0.3) is 0 Å². The molecule has 0 aromatic heterocycles. The summed E-state index contributed by atoms with van der Waals surface area (Å²) >= 11 is 0. The molecule has 0 aliphatic rings. The molecule has 0 saturated heterocycles. The zero-order valence-corrected chi connectivity index (χ0v) is 25.0. The first kappa shape index (κ1) is 31.0. The molecule has 9 nitrogen and oxygen atoms in total. The van der Waals surface area contributed by atoms with Crippen molar-refractivity contribution in [3.63, 3.8) is 0 Å². The van der Waals surface area contributed by atoms with Gasteiger partial charge < -0.3 is 10.1 Å². The maximum atomic E-state index is 12.6. The highest BCUT2D eigenvalue weighted by molar-refractivity contribution is 7.92. The summed E-state index contributed by atoms with van der Waals surface area (Å²) in [5, 5.41) is 6.91. The lowest BCUT2D eigenvalue weighted by molar-refractivity contribution is -0.123. The average Bonchev–Trinajstić information content (AvgIpc) is 3.00. The number of nitrogens with one attached hydrogen (secondary N) is 2. The van der Waals surface area contributed by atoms with Crippen molar-refractivity contribution < 1.29 is 22.7 Å². The lowest BCUT2D eigenvalue weighted by Gasteiger charge is -2.23. The minimum atomic E-state index is -3.56. The monoisotopic (exact) mass is 598 g/mol. The average molecular weight is 599 g/mol. The van der Waals surface area contributed by atoms with Crippen molar-refractivity contribution in [3.05, 3.63) is 131 Å². The van der Waals surface area contributed by atoms with E-state index in [2.05, 4.69) is 15.8 Å². The number of carbonyl (C=O) groups excluding carboxylic acids is 2. The quantitative estimate of drug-likeness (QED) is 0.176. The molecule has 0 radical (unpaired) electrons. The third kappa shape index (κ3) is 9.01. The highest BCUT2D eigenvalue weighted by Gasteiger charge is 2.19. The summed E-state index contributed by atoms with van der Waals surface area (Å²) < 4.78 is 31.9. The molecule has 2 N–H and O–H groups in total. The van der Waals surface area contributed by atoms with E-state index in [4.69, 9.17) is 4.74 Å². The summed E-state index contributed by atoms with van der Waals surface area (Å²) in [6.07, 6.45) is 2.64. The fourth-order valence-electron chi connectivity index (χ4n) is 4.26. The van der Waals surface area contributed by atoms with Crippen LogP contribution in [0.5, 0.6) is 5.75 Å². The van der Waals surface area contributed by atoms with E-state index < -0.39 is 15.9 Å². The van der Waals surface area contributed by atoms with E-state index in [1.54, 1.807) is 48.5 Å². The maximum absolute atomic E-state index is 12.6. The molecule has 4 aromatic carbocycles. The standard InChI is InChI=1S/C33H34N4O5S/c1-24-9-7-8-12-29(24)22-37(43(3,40)41)30-17-15-28(16-18-30)33(39)36-34-21-26-13-19-31(20-14-26)42-23-32(38)35-25(2)27-10-5-4-6-11-27/h4-21,25H,22-23H2,1-3H3,(H,35,38)(H,36,39)/b34-21-/t25-/m1/s1. The summed E-state index contributed by atoms with van der Waals surface area (Å²) in [4.78, 5) is 24.8. The van der Waals surface area contributed by atoms with Crippen molar-refractivity contribution in [1.29, 1.82) is 0 Å². The van der Waals surface area contributed by atoms with Gasteiger partial charge in [-0.05, 0) is 84.6 Å². The number of hydrazone groups is 1. The van der Waals surface area contributed by atoms with E-state index in [-0.39, 0.29) is 25.1 Å². The van der Waals surface area contributed by atoms with Crippen LogP contribution in [0.1, 0.15) is 45.6 Å². The SMILES string of the molecule is Cc1ccccc1CN(c1ccc(C(=O)N/N=C\c2ccc(OCC(=O)N[C@H](C)c3ccccc3)cc2)cc1)S(C)(=O)=O. The molecular formula is C33H34N4O5S. The van der Waals surface area contributed by atoms with Gasteiger partial charge >= 0.3 is 0 Å². The highest BCUT2D eigenvalue weighted by Crippen LogP contribution is 2.22. The van der Waals surface area contributed by atoms with Gasteiger partial charge in [0, 0.05) is 5.56 Å². The molecule has 0 fully saturated rings. The van der Waals surface area contributed by atoms with E-state index in [0.29, 0.717) is 22.6 Å². The van der Waals surface area contributed by atoms with Crippen LogP contribution in [0.15, 0.2) is 108 Å². The molecule has 1 atom stereocenters. The van der Waals surface area contributed by atoms with Crippen molar-refractivity contribution in [3.8, 4) is 5.75 Å². The Morgan fingerprint density at radius 2 is 1.56 bits per heavy atom. The van der Waals surface area contributed by atoms with Gasteiger partial charge in [0.25, 0.3) is 11.8 Å².